The second-order valence-corrected chi connectivity index (χ2v) is 5.55. The third kappa shape index (κ3) is 3.57. The van der Waals surface area contributed by atoms with E-state index < -0.39 is 0 Å². The summed E-state index contributed by atoms with van der Waals surface area (Å²) in [6, 6.07) is 7.57. The van der Waals surface area contributed by atoms with E-state index in [1.54, 1.807) is 4.90 Å². The van der Waals surface area contributed by atoms with E-state index in [-0.39, 0.29) is 18.1 Å². The Morgan fingerprint density at radius 2 is 2.27 bits per heavy atom. The molecule has 0 aromatic heterocycles. The Morgan fingerprint density at radius 1 is 1.36 bits per heavy atom. The van der Waals surface area contributed by atoms with Gasteiger partial charge in [0.05, 0.1) is 19.1 Å². The van der Waals surface area contributed by atoms with E-state index in [0.29, 0.717) is 26.1 Å². The van der Waals surface area contributed by atoms with Crippen LogP contribution in [0.4, 0.5) is 10.5 Å². The Labute approximate surface area is 129 Å². The molecule has 0 spiro atoms. The summed E-state index contributed by atoms with van der Waals surface area (Å²) in [4.78, 5) is 25.1. The van der Waals surface area contributed by atoms with Crippen molar-refractivity contribution in [1.29, 1.82) is 0 Å². The second kappa shape index (κ2) is 6.79. The first kappa shape index (κ1) is 14.8. The predicted molar refractivity (Wildman–Crippen MR) is 80.6 cm³/mol. The zero-order valence-electron chi connectivity index (χ0n) is 12.4. The van der Waals surface area contributed by atoms with Crippen molar-refractivity contribution >= 4 is 17.7 Å². The third-order valence-electron chi connectivity index (χ3n) is 3.91. The number of amides is 2. The fourth-order valence-electron chi connectivity index (χ4n) is 2.75. The lowest BCUT2D eigenvalue weighted by Crippen LogP contribution is -2.27. The van der Waals surface area contributed by atoms with Gasteiger partial charge >= 0.3 is 6.09 Å². The van der Waals surface area contributed by atoms with Crippen molar-refractivity contribution in [2.45, 2.75) is 31.9 Å². The maximum absolute atomic E-state index is 11.9. The first-order valence-corrected chi connectivity index (χ1v) is 7.64. The lowest BCUT2D eigenvalue weighted by molar-refractivity contribution is -0.123. The highest BCUT2D eigenvalue weighted by Crippen LogP contribution is 2.20. The molecule has 6 heteroatoms. The number of hydrogen-bond donors (Lipinski definition) is 1. The van der Waals surface area contributed by atoms with Gasteiger partial charge in [0.15, 0.2) is 0 Å². The van der Waals surface area contributed by atoms with Gasteiger partial charge in [0, 0.05) is 18.8 Å². The molecule has 2 aliphatic rings. The van der Waals surface area contributed by atoms with E-state index in [4.69, 9.17) is 9.47 Å². The van der Waals surface area contributed by atoms with Gasteiger partial charge < -0.3 is 14.8 Å². The van der Waals surface area contributed by atoms with E-state index in [2.05, 4.69) is 5.32 Å². The van der Waals surface area contributed by atoms with Gasteiger partial charge in [-0.3, -0.25) is 9.69 Å². The molecule has 2 amide bonds. The van der Waals surface area contributed by atoms with Crippen molar-refractivity contribution in [3.8, 4) is 0 Å². The highest BCUT2D eigenvalue weighted by molar-refractivity contribution is 5.89. The van der Waals surface area contributed by atoms with Crippen molar-refractivity contribution in [2.24, 2.45) is 0 Å². The molecule has 1 aromatic rings. The lowest BCUT2D eigenvalue weighted by atomic mass is 10.1. The quantitative estimate of drug-likeness (QED) is 0.901. The van der Waals surface area contributed by atoms with Crippen molar-refractivity contribution in [3.63, 3.8) is 0 Å². The van der Waals surface area contributed by atoms with Crippen LogP contribution in [0, 0.1) is 0 Å². The van der Waals surface area contributed by atoms with Gasteiger partial charge in [-0.25, -0.2) is 4.79 Å². The van der Waals surface area contributed by atoms with Crippen LogP contribution in [0.15, 0.2) is 24.3 Å². The monoisotopic (exact) mass is 304 g/mol. The van der Waals surface area contributed by atoms with Crippen LogP contribution >= 0.6 is 0 Å². The molecule has 1 N–H and O–H groups in total. The number of hydrogen-bond acceptors (Lipinski definition) is 4. The van der Waals surface area contributed by atoms with Crippen LogP contribution in [0.2, 0.25) is 0 Å². The summed E-state index contributed by atoms with van der Waals surface area (Å²) in [5.74, 6) is -0.00196. The molecular weight excluding hydrogens is 284 g/mol. The molecule has 0 radical (unpaired) electrons. The summed E-state index contributed by atoms with van der Waals surface area (Å²) in [5.41, 5.74) is 1.76. The number of ether oxygens (including phenoxy) is 2. The van der Waals surface area contributed by atoms with E-state index in [1.807, 2.05) is 24.3 Å². The van der Waals surface area contributed by atoms with E-state index in [1.165, 1.54) is 0 Å². The maximum atomic E-state index is 11.9. The number of anilines is 1. The Morgan fingerprint density at radius 3 is 3.00 bits per heavy atom. The van der Waals surface area contributed by atoms with Gasteiger partial charge in [0.2, 0.25) is 5.91 Å². The van der Waals surface area contributed by atoms with Gasteiger partial charge in [-0.05, 0) is 30.5 Å². The number of cyclic esters (lactones) is 1. The molecule has 0 aliphatic carbocycles. The topological polar surface area (TPSA) is 67.9 Å². The first-order valence-electron chi connectivity index (χ1n) is 7.64. The largest absolute Gasteiger partial charge is 0.447 e. The summed E-state index contributed by atoms with van der Waals surface area (Å²) in [6.07, 6.45) is 2.15. The van der Waals surface area contributed by atoms with Crippen molar-refractivity contribution in [1.82, 2.24) is 5.32 Å². The van der Waals surface area contributed by atoms with Gasteiger partial charge in [-0.2, -0.15) is 0 Å². The summed E-state index contributed by atoms with van der Waals surface area (Å²) < 4.78 is 10.4. The molecule has 118 valence electrons. The molecule has 22 heavy (non-hydrogen) atoms. The Bertz CT molecular complexity index is 555. The molecule has 2 saturated heterocycles. The highest BCUT2D eigenvalue weighted by atomic mass is 16.6. The molecule has 2 heterocycles. The fourth-order valence-corrected chi connectivity index (χ4v) is 2.75. The number of benzene rings is 1. The van der Waals surface area contributed by atoms with Crippen LogP contribution in [0.5, 0.6) is 0 Å². The Hall–Kier alpha value is -2.08. The van der Waals surface area contributed by atoms with Crippen LogP contribution in [0.3, 0.4) is 0 Å². The van der Waals surface area contributed by atoms with Crippen LogP contribution in [-0.4, -0.2) is 37.9 Å². The third-order valence-corrected chi connectivity index (χ3v) is 3.91. The molecule has 2 aliphatic heterocycles. The number of rotatable bonds is 5. The summed E-state index contributed by atoms with van der Waals surface area (Å²) in [6.45, 7) is 2.18. The van der Waals surface area contributed by atoms with Gasteiger partial charge in [0.25, 0.3) is 0 Å². The van der Waals surface area contributed by atoms with Gasteiger partial charge in [-0.15, -0.1) is 0 Å². The van der Waals surface area contributed by atoms with Crippen LogP contribution in [0.1, 0.15) is 24.8 Å². The molecule has 0 bridgehead atoms. The highest BCUT2D eigenvalue weighted by Gasteiger charge is 2.23. The van der Waals surface area contributed by atoms with Crippen LogP contribution in [0.25, 0.3) is 0 Å². The minimum absolute atomic E-state index is 0.00196. The van der Waals surface area contributed by atoms with E-state index in [0.717, 1.165) is 30.7 Å². The standard InChI is InChI=1S/C16H20N2O4/c19-15(10-14-5-2-7-21-14)17-11-12-3-1-4-13(9-12)18-6-8-22-16(18)20/h1,3-4,9,14H,2,5-8,10-11H2,(H,17,19). The zero-order valence-corrected chi connectivity index (χ0v) is 12.4. The summed E-state index contributed by atoms with van der Waals surface area (Å²) in [7, 11) is 0. The molecule has 1 unspecified atom stereocenters. The summed E-state index contributed by atoms with van der Waals surface area (Å²) in [5, 5.41) is 2.90. The average molecular weight is 304 g/mol. The molecule has 2 fully saturated rings. The smallest absolute Gasteiger partial charge is 0.414 e. The average Bonchev–Trinajstić information content (AvgIpc) is 3.17. The first-order chi connectivity index (χ1) is 10.7. The number of nitrogens with one attached hydrogen (secondary N) is 1. The van der Waals surface area contributed by atoms with Crippen LogP contribution in [-0.2, 0) is 20.8 Å². The SMILES string of the molecule is O=C(CC1CCCO1)NCc1cccc(N2CCOC2=O)c1. The number of nitrogens with zero attached hydrogens (tertiary/aromatic N) is 1. The fraction of sp³-hybridized carbons (Fsp3) is 0.500. The van der Waals surface area contributed by atoms with Crippen molar-refractivity contribution in [3.05, 3.63) is 29.8 Å². The molecule has 6 nitrogen and oxygen atoms in total. The van der Waals surface area contributed by atoms with E-state index >= 15 is 0 Å². The van der Waals surface area contributed by atoms with Gasteiger partial charge in [-0.1, -0.05) is 12.1 Å². The predicted octanol–water partition coefficient (Wildman–Crippen LogP) is 1.83. The Kier molecular flexibility index (Phi) is 4.58. The summed E-state index contributed by atoms with van der Waals surface area (Å²) >= 11 is 0. The molecule has 0 saturated carbocycles. The maximum Gasteiger partial charge on any atom is 0.414 e. The number of carbonyl (C=O) groups is 2. The lowest BCUT2D eigenvalue weighted by Gasteiger charge is -2.14. The Balaban J connectivity index is 1.54. The molecular formula is C16H20N2O4. The van der Waals surface area contributed by atoms with Crippen molar-refractivity contribution in [2.75, 3.05) is 24.7 Å². The minimum Gasteiger partial charge on any atom is -0.447 e. The molecule has 1 aromatic carbocycles. The molecule has 1 atom stereocenters. The zero-order chi connectivity index (χ0) is 15.4. The minimum atomic E-state index is -0.320. The van der Waals surface area contributed by atoms with E-state index in [9.17, 15) is 9.59 Å². The molecule has 3 rings (SSSR count). The van der Waals surface area contributed by atoms with Gasteiger partial charge in [0.1, 0.15) is 6.61 Å². The van der Waals surface area contributed by atoms with Crippen LogP contribution < -0.4 is 10.2 Å². The number of carbonyl (C=O) groups excluding carboxylic acids is 2. The second-order valence-electron chi connectivity index (χ2n) is 5.55. The normalized spacial score (nSPS) is 21.0. The van der Waals surface area contributed by atoms with Crippen molar-refractivity contribution < 1.29 is 19.1 Å².